The van der Waals surface area contributed by atoms with E-state index in [0.717, 1.165) is 0 Å². The zero-order valence-electron chi connectivity index (χ0n) is 9.03. The number of aliphatic hydroxyl groups excluding tert-OH is 1. The number of hydrogen-bond acceptors (Lipinski definition) is 3. The van der Waals surface area contributed by atoms with Crippen molar-refractivity contribution >= 4 is 27.5 Å². The third-order valence-electron chi connectivity index (χ3n) is 2.15. The number of nitrogens with zero attached hydrogens (tertiary/aromatic N) is 1. The molecule has 0 spiro atoms. The molecule has 1 heterocycles. The van der Waals surface area contributed by atoms with E-state index in [1.54, 1.807) is 6.07 Å². The van der Waals surface area contributed by atoms with Gasteiger partial charge in [-0.1, -0.05) is 27.5 Å². The van der Waals surface area contributed by atoms with Crippen molar-refractivity contribution in [3.63, 3.8) is 0 Å². The van der Waals surface area contributed by atoms with Crippen LogP contribution in [0.2, 0.25) is 5.02 Å². The van der Waals surface area contributed by atoms with Gasteiger partial charge in [0.1, 0.15) is 0 Å². The van der Waals surface area contributed by atoms with Gasteiger partial charge in [0.05, 0.1) is 17.3 Å². The Hall–Kier alpha value is -1.17. The number of halogens is 3. The second kappa shape index (κ2) is 5.65. The minimum Gasteiger partial charge on any atom is -0.436 e. The molecule has 1 aromatic heterocycles. The minimum atomic E-state index is -0.508. The van der Waals surface area contributed by atoms with Crippen LogP contribution in [0.4, 0.5) is 4.39 Å². The zero-order chi connectivity index (χ0) is 13.1. The first-order chi connectivity index (χ1) is 8.60. The van der Waals surface area contributed by atoms with E-state index in [1.165, 1.54) is 24.3 Å². The number of pyridine rings is 1. The first kappa shape index (κ1) is 13.3. The lowest BCUT2D eigenvalue weighted by molar-refractivity contribution is 0.275. The molecule has 0 amide bonds. The van der Waals surface area contributed by atoms with Crippen molar-refractivity contribution < 1.29 is 14.2 Å². The van der Waals surface area contributed by atoms with Crippen LogP contribution in [0.5, 0.6) is 11.6 Å². The molecule has 0 bridgehead atoms. The maximum atomic E-state index is 13.5. The fourth-order valence-electron chi connectivity index (χ4n) is 1.30. The summed E-state index contributed by atoms with van der Waals surface area (Å²) in [6.07, 6.45) is 0. The predicted molar refractivity (Wildman–Crippen MR) is 69.3 cm³/mol. The lowest BCUT2D eigenvalue weighted by Crippen LogP contribution is -1.95. The lowest BCUT2D eigenvalue weighted by atomic mass is 10.3. The molecule has 0 aliphatic rings. The molecule has 0 saturated carbocycles. The Morgan fingerprint density at radius 2 is 2.11 bits per heavy atom. The average molecular weight is 333 g/mol. The maximum Gasteiger partial charge on any atom is 0.219 e. The van der Waals surface area contributed by atoms with Gasteiger partial charge in [-0.2, -0.15) is 0 Å². The standard InChI is InChI=1S/C12H8BrClFNO2/c13-7-1-3-11(9(15)5-7)18-12-4-2-8(14)10(6-17)16-12/h1-5,17H,6H2. The van der Waals surface area contributed by atoms with Crippen LogP contribution in [0, 0.1) is 5.82 Å². The molecule has 0 atom stereocenters. The molecule has 3 nitrogen and oxygen atoms in total. The summed E-state index contributed by atoms with van der Waals surface area (Å²) in [6, 6.07) is 7.46. The van der Waals surface area contributed by atoms with E-state index in [-0.39, 0.29) is 23.9 Å². The summed E-state index contributed by atoms with van der Waals surface area (Å²) >= 11 is 8.95. The first-order valence-electron chi connectivity index (χ1n) is 4.99. The Morgan fingerprint density at radius 3 is 2.78 bits per heavy atom. The van der Waals surface area contributed by atoms with Gasteiger partial charge >= 0.3 is 0 Å². The van der Waals surface area contributed by atoms with Crippen LogP contribution in [0.15, 0.2) is 34.8 Å². The van der Waals surface area contributed by atoms with Gasteiger partial charge in [-0.3, -0.25) is 0 Å². The Labute approximate surface area is 116 Å². The van der Waals surface area contributed by atoms with Gasteiger partial charge in [0.2, 0.25) is 5.88 Å². The van der Waals surface area contributed by atoms with Crippen LogP contribution in [0.25, 0.3) is 0 Å². The summed E-state index contributed by atoms with van der Waals surface area (Å²) in [6.45, 7) is -0.307. The predicted octanol–water partition coefficient (Wildman–Crippen LogP) is 3.92. The molecule has 0 radical (unpaired) electrons. The number of ether oxygens (including phenoxy) is 1. The molecule has 2 aromatic rings. The molecule has 0 aliphatic heterocycles. The molecule has 0 fully saturated rings. The van der Waals surface area contributed by atoms with Crippen LogP contribution in [-0.2, 0) is 6.61 Å². The Kier molecular flexibility index (Phi) is 4.16. The largest absolute Gasteiger partial charge is 0.436 e. The number of rotatable bonds is 3. The van der Waals surface area contributed by atoms with Crippen LogP contribution in [0.1, 0.15) is 5.69 Å². The quantitative estimate of drug-likeness (QED) is 0.926. The summed E-state index contributed by atoms with van der Waals surface area (Å²) in [5.41, 5.74) is 0.284. The number of hydrogen-bond donors (Lipinski definition) is 1. The molecule has 0 unspecified atom stereocenters. The van der Waals surface area contributed by atoms with Crippen molar-refractivity contribution in [2.75, 3.05) is 0 Å². The molecule has 94 valence electrons. The molecule has 1 N–H and O–H groups in total. The van der Waals surface area contributed by atoms with E-state index in [9.17, 15) is 4.39 Å². The summed E-state index contributed by atoms with van der Waals surface area (Å²) in [5.74, 6) is -0.284. The molecule has 2 rings (SSSR count). The molecule has 6 heteroatoms. The topological polar surface area (TPSA) is 42.4 Å². The second-order valence-electron chi connectivity index (χ2n) is 3.41. The lowest BCUT2D eigenvalue weighted by Gasteiger charge is -2.07. The van der Waals surface area contributed by atoms with Gasteiger partial charge in [0.25, 0.3) is 0 Å². The summed E-state index contributed by atoms with van der Waals surface area (Å²) in [5, 5.41) is 9.35. The Bertz CT molecular complexity index is 580. The molecular formula is C12H8BrClFNO2. The highest BCUT2D eigenvalue weighted by molar-refractivity contribution is 9.10. The first-order valence-corrected chi connectivity index (χ1v) is 6.16. The number of aliphatic hydroxyl groups is 1. The third kappa shape index (κ3) is 2.98. The smallest absolute Gasteiger partial charge is 0.219 e. The molecular weight excluding hydrogens is 324 g/mol. The third-order valence-corrected chi connectivity index (χ3v) is 2.99. The Morgan fingerprint density at radius 1 is 1.33 bits per heavy atom. The van der Waals surface area contributed by atoms with Gasteiger partial charge in [0, 0.05) is 10.5 Å². The van der Waals surface area contributed by atoms with Crippen molar-refractivity contribution in [3.05, 3.63) is 51.3 Å². The summed E-state index contributed by atoms with van der Waals surface area (Å²) < 4.78 is 19.4. The minimum absolute atomic E-state index is 0.0527. The van der Waals surface area contributed by atoms with Crippen LogP contribution in [0.3, 0.4) is 0 Å². The summed E-state index contributed by atoms with van der Waals surface area (Å²) in [7, 11) is 0. The van der Waals surface area contributed by atoms with Gasteiger partial charge in [0.15, 0.2) is 11.6 Å². The van der Waals surface area contributed by atoms with Gasteiger partial charge in [-0.25, -0.2) is 9.37 Å². The van der Waals surface area contributed by atoms with Crippen LogP contribution >= 0.6 is 27.5 Å². The maximum absolute atomic E-state index is 13.5. The van der Waals surface area contributed by atoms with E-state index in [4.69, 9.17) is 21.4 Å². The van der Waals surface area contributed by atoms with Crippen molar-refractivity contribution in [2.24, 2.45) is 0 Å². The highest BCUT2D eigenvalue weighted by atomic mass is 79.9. The van der Waals surface area contributed by atoms with E-state index in [1.807, 2.05) is 0 Å². The highest BCUT2D eigenvalue weighted by Gasteiger charge is 2.08. The van der Waals surface area contributed by atoms with Crippen LogP contribution in [-0.4, -0.2) is 10.1 Å². The summed E-state index contributed by atoms with van der Waals surface area (Å²) in [4.78, 5) is 3.97. The number of aromatic nitrogens is 1. The van der Waals surface area contributed by atoms with Crippen LogP contribution < -0.4 is 4.74 Å². The van der Waals surface area contributed by atoms with Gasteiger partial charge in [-0.15, -0.1) is 0 Å². The number of benzene rings is 1. The second-order valence-corrected chi connectivity index (χ2v) is 4.74. The molecule has 0 aliphatic carbocycles. The fraction of sp³-hybridized carbons (Fsp3) is 0.0833. The molecule has 18 heavy (non-hydrogen) atoms. The fourth-order valence-corrected chi connectivity index (χ4v) is 1.80. The van der Waals surface area contributed by atoms with Crippen molar-refractivity contribution in [3.8, 4) is 11.6 Å². The van der Waals surface area contributed by atoms with E-state index in [0.29, 0.717) is 9.50 Å². The van der Waals surface area contributed by atoms with Crippen molar-refractivity contribution in [1.29, 1.82) is 0 Å². The van der Waals surface area contributed by atoms with Crippen molar-refractivity contribution in [1.82, 2.24) is 4.98 Å². The van der Waals surface area contributed by atoms with Crippen molar-refractivity contribution in [2.45, 2.75) is 6.61 Å². The molecule has 1 aromatic carbocycles. The Balaban J connectivity index is 2.28. The normalized spacial score (nSPS) is 10.4. The average Bonchev–Trinajstić information content (AvgIpc) is 2.35. The van der Waals surface area contributed by atoms with E-state index < -0.39 is 5.82 Å². The van der Waals surface area contributed by atoms with Gasteiger partial charge < -0.3 is 9.84 Å². The van der Waals surface area contributed by atoms with Gasteiger partial charge in [-0.05, 0) is 24.3 Å². The SMILES string of the molecule is OCc1nc(Oc2ccc(Br)cc2F)ccc1Cl. The van der Waals surface area contributed by atoms with E-state index >= 15 is 0 Å². The zero-order valence-corrected chi connectivity index (χ0v) is 11.4. The monoisotopic (exact) mass is 331 g/mol. The highest BCUT2D eigenvalue weighted by Crippen LogP contribution is 2.27. The van der Waals surface area contributed by atoms with E-state index in [2.05, 4.69) is 20.9 Å². The molecule has 0 saturated heterocycles.